The third-order valence-electron chi connectivity index (χ3n) is 2.02. The van der Waals surface area contributed by atoms with E-state index < -0.39 is 5.97 Å². The highest BCUT2D eigenvalue weighted by molar-refractivity contribution is 5.95. The lowest BCUT2D eigenvalue weighted by Crippen LogP contribution is -2.29. The summed E-state index contributed by atoms with van der Waals surface area (Å²) in [5.41, 5.74) is 1.62. The van der Waals surface area contributed by atoms with Gasteiger partial charge in [0.2, 0.25) is 0 Å². The topological polar surface area (TPSA) is 66.4 Å². The van der Waals surface area contributed by atoms with Gasteiger partial charge in [0.15, 0.2) is 0 Å². The molecule has 80 valence electrons. The van der Waals surface area contributed by atoms with Gasteiger partial charge in [0, 0.05) is 5.56 Å². The van der Waals surface area contributed by atoms with E-state index in [0.717, 1.165) is 12.0 Å². The van der Waals surface area contributed by atoms with Crippen molar-refractivity contribution in [2.45, 2.75) is 13.3 Å². The Balaban J connectivity index is 2.62. The predicted molar refractivity (Wildman–Crippen MR) is 55.8 cm³/mol. The van der Waals surface area contributed by atoms with E-state index in [1.54, 1.807) is 12.1 Å². The Hall–Kier alpha value is -1.84. The fourth-order valence-corrected chi connectivity index (χ4v) is 1.15. The molecule has 4 nitrogen and oxygen atoms in total. The molecule has 0 aliphatic rings. The molecule has 0 saturated heterocycles. The molecule has 0 aliphatic carbocycles. The SMILES string of the molecule is CCc1ccc(C(=O)NCC(=O)O)cc1. The maximum Gasteiger partial charge on any atom is 0.322 e. The van der Waals surface area contributed by atoms with E-state index in [-0.39, 0.29) is 12.5 Å². The monoisotopic (exact) mass is 207 g/mol. The van der Waals surface area contributed by atoms with Crippen molar-refractivity contribution < 1.29 is 14.7 Å². The molecule has 0 radical (unpaired) electrons. The summed E-state index contributed by atoms with van der Waals surface area (Å²) in [6.07, 6.45) is 0.914. The van der Waals surface area contributed by atoms with E-state index in [2.05, 4.69) is 5.32 Å². The van der Waals surface area contributed by atoms with Crippen LogP contribution in [0.1, 0.15) is 22.8 Å². The van der Waals surface area contributed by atoms with Crippen LogP contribution in [0.3, 0.4) is 0 Å². The van der Waals surface area contributed by atoms with E-state index in [9.17, 15) is 9.59 Å². The normalized spacial score (nSPS) is 9.67. The van der Waals surface area contributed by atoms with Gasteiger partial charge in [-0.2, -0.15) is 0 Å². The van der Waals surface area contributed by atoms with E-state index in [4.69, 9.17) is 5.11 Å². The van der Waals surface area contributed by atoms with Crippen molar-refractivity contribution in [2.24, 2.45) is 0 Å². The van der Waals surface area contributed by atoms with Crippen molar-refractivity contribution in [1.82, 2.24) is 5.32 Å². The van der Waals surface area contributed by atoms with Gasteiger partial charge >= 0.3 is 5.97 Å². The van der Waals surface area contributed by atoms with Gasteiger partial charge < -0.3 is 10.4 Å². The van der Waals surface area contributed by atoms with E-state index in [1.807, 2.05) is 19.1 Å². The van der Waals surface area contributed by atoms with Crippen molar-refractivity contribution in [3.8, 4) is 0 Å². The van der Waals surface area contributed by atoms with Crippen molar-refractivity contribution in [1.29, 1.82) is 0 Å². The second-order valence-corrected chi connectivity index (χ2v) is 3.13. The lowest BCUT2D eigenvalue weighted by Gasteiger charge is -2.03. The molecule has 0 bridgehead atoms. The average molecular weight is 207 g/mol. The van der Waals surface area contributed by atoms with Crippen LogP contribution in [-0.2, 0) is 11.2 Å². The quantitative estimate of drug-likeness (QED) is 0.775. The summed E-state index contributed by atoms with van der Waals surface area (Å²) in [5.74, 6) is -1.41. The van der Waals surface area contributed by atoms with Crippen molar-refractivity contribution in [3.63, 3.8) is 0 Å². The summed E-state index contributed by atoms with van der Waals surface area (Å²) in [6.45, 7) is 1.67. The average Bonchev–Trinajstić information content (AvgIpc) is 2.26. The van der Waals surface area contributed by atoms with Crippen LogP contribution in [-0.4, -0.2) is 23.5 Å². The minimum absolute atomic E-state index is 0.353. The number of hydrogen-bond acceptors (Lipinski definition) is 2. The van der Waals surface area contributed by atoms with Gasteiger partial charge in [-0.05, 0) is 24.1 Å². The third-order valence-corrected chi connectivity index (χ3v) is 2.02. The number of nitrogens with one attached hydrogen (secondary N) is 1. The van der Waals surface area contributed by atoms with E-state index in [0.29, 0.717) is 5.56 Å². The first kappa shape index (κ1) is 11.2. The highest BCUT2D eigenvalue weighted by Gasteiger charge is 2.06. The predicted octanol–water partition coefficient (Wildman–Crippen LogP) is 1.06. The molecule has 0 aliphatic heterocycles. The van der Waals surface area contributed by atoms with Crippen molar-refractivity contribution in [2.75, 3.05) is 6.54 Å². The Labute approximate surface area is 87.9 Å². The summed E-state index contributed by atoms with van der Waals surface area (Å²) < 4.78 is 0. The second-order valence-electron chi connectivity index (χ2n) is 3.13. The van der Waals surface area contributed by atoms with Crippen LogP contribution in [0.4, 0.5) is 0 Å². The molecule has 0 fully saturated rings. The first-order valence-corrected chi connectivity index (χ1v) is 4.72. The fraction of sp³-hybridized carbons (Fsp3) is 0.273. The molecule has 1 amide bonds. The number of benzene rings is 1. The standard InChI is InChI=1S/C11H13NO3/c1-2-8-3-5-9(6-4-8)11(15)12-7-10(13)14/h3-6H,2,7H2,1H3,(H,12,15)(H,13,14). The van der Waals surface area contributed by atoms with E-state index in [1.165, 1.54) is 0 Å². The van der Waals surface area contributed by atoms with Gasteiger partial charge in [-0.3, -0.25) is 9.59 Å². The Kier molecular flexibility index (Phi) is 3.85. The molecule has 0 saturated carbocycles. The lowest BCUT2D eigenvalue weighted by atomic mass is 10.1. The molecule has 15 heavy (non-hydrogen) atoms. The van der Waals surface area contributed by atoms with Crippen LogP contribution in [0.5, 0.6) is 0 Å². The van der Waals surface area contributed by atoms with Crippen LogP contribution in [0.15, 0.2) is 24.3 Å². The summed E-state index contributed by atoms with van der Waals surface area (Å²) >= 11 is 0. The molecule has 1 rings (SSSR count). The summed E-state index contributed by atoms with van der Waals surface area (Å²) in [6, 6.07) is 7.09. The Morgan fingerprint density at radius 1 is 1.27 bits per heavy atom. The number of carboxylic acids is 1. The maximum absolute atomic E-state index is 11.4. The summed E-state index contributed by atoms with van der Waals surface area (Å²) in [7, 11) is 0. The Morgan fingerprint density at radius 3 is 2.33 bits per heavy atom. The Morgan fingerprint density at radius 2 is 1.87 bits per heavy atom. The highest BCUT2D eigenvalue weighted by atomic mass is 16.4. The number of aliphatic carboxylic acids is 1. The third kappa shape index (κ3) is 3.42. The molecular weight excluding hydrogens is 194 g/mol. The first-order valence-electron chi connectivity index (χ1n) is 4.72. The van der Waals surface area contributed by atoms with Crippen LogP contribution in [0.2, 0.25) is 0 Å². The first-order chi connectivity index (χ1) is 7.13. The molecule has 1 aromatic rings. The lowest BCUT2D eigenvalue weighted by molar-refractivity contribution is -0.135. The van der Waals surface area contributed by atoms with Gasteiger partial charge in [0.1, 0.15) is 6.54 Å². The smallest absolute Gasteiger partial charge is 0.322 e. The molecule has 0 atom stereocenters. The van der Waals surface area contributed by atoms with Gasteiger partial charge in [0.05, 0.1) is 0 Å². The summed E-state index contributed by atoms with van der Waals surface area (Å²) in [5, 5.41) is 10.7. The molecular formula is C11H13NO3. The fourth-order valence-electron chi connectivity index (χ4n) is 1.15. The number of amides is 1. The van der Waals surface area contributed by atoms with Gasteiger partial charge in [0.25, 0.3) is 5.91 Å². The Bertz CT molecular complexity index is 357. The second kappa shape index (κ2) is 5.14. The number of rotatable bonds is 4. The molecule has 0 aromatic heterocycles. The number of carboxylic acid groups (broad SMARTS) is 1. The number of carbonyl (C=O) groups is 2. The van der Waals surface area contributed by atoms with Crippen LogP contribution in [0.25, 0.3) is 0 Å². The van der Waals surface area contributed by atoms with E-state index >= 15 is 0 Å². The minimum atomic E-state index is -1.05. The minimum Gasteiger partial charge on any atom is -0.480 e. The zero-order valence-electron chi connectivity index (χ0n) is 8.49. The van der Waals surface area contributed by atoms with Gasteiger partial charge in [-0.1, -0.05) is 19.1 Å². The summed E-state index contributed by atoms with van der Waals surface area (Å²) in [4.78, 5) is 21.6. The molecule has 4 heteroatoms. The number of carbonyl (C=O) groups excluding carboxylic acids is 1. The zero-order chi connectivity index (χ0) is 11.3. The highest BCUT2D eigenvalue weighted by Crippen LogP contribution is 2.04. The molecule has 1 aromatic carbocycles. The molecule has 2 N–H and O–H groups in total. The van der Waals surface area contributed by atoms with Crippen LogP contribution >= 0.6 is 0 Å². The zero-order valence-corrected chi connectivity index (χ0v) is 8.49. The molecule has 0 spiro atoms. The van der Waals surface area contributed by atoms with Crippen molar-refractivity contribution in [3.05, 3.63) is 35.4 Å². The van der Waals surface area contributed by atoms with Crippen LogP contribution in [0, 0.1) is 0 Å². The molecule has 0 heterocycles. The van der Waals surface area contributed by atoms with Crippen LogP contribution < -0.4 is 5.32 Å². The molecule has 0 unspecified atom stereocenters. The number of aryl methyl sites for hydroxylation is 1. The van der Waals surface area contributed by atoms with Gasteiger partial charge in [-0.15, -0.1) is 0 Å². The maximum atomic E-state index is 11.4. The largest absolute Gasteiger partial charge is 0.480 e. The van der Waals surface area contributed by atoms with Gasteiger partial charge in [-0.25, -0.2) is 0 Å². The number of hydrogen-bond donors (Lipinski definition) is 2. The van der Waals surface area contributed by atoms with Crippen molar-refractivity contribution >= 4 is 11.9 Å².